The zero-order chi connectivity index (χ0) is 68.3. The second-order valence-electron chi connectivity index (χ2n) is 23.4. The number of carboxylic acids is 1. The monoisotopic (exact) mass is 1290 g/mol. The summed E-state index contributed by atoms with van der Waals surface area (Å²) >= 11 is 0. The van der Waals surface area contributed by atoms with E-state index in [-0.39, 0.29) is 75.6 Å². The quantitative estimate of drug-likeness (QED) is 0.0351. The van der Waals surface area contributed by atoms with Crippen LogP contribution in [0.15, 0.2) is 107 Å². The molecule has 0 radical (unpaired) electrons. The number of aromatic carboxylic acids is 1. The van der Waals surface area contributed by atoms with Gasteiger partial charge in [0.2, 0.25) is 11.1 Å². The normalized spacial score (nSPS) is 17.1. The Bertz CT molecular complexity index is 3750. The fourth-order valence-corrected chi connectivity index (χ4v) is 10.2. The van der Waals surface area contributed by atoms with Gasteiger partial charge in [-0.2, -0.15) is 26.3 Å². The first-order chi connectivity index (χ1) is 43.0. The van der Waals surface area contributed by atoms with Crippen molar-refractivity contribution in [3.05, 3.63) is 163 Å². The Balaban J connectivity index is 0.000000252. The summed E-state index contributed by atoms with van der Waals surface area (Å²) in [5.41, 5.74) is 6.01. The SMILES string of the molecule is CC(C)(C)OC(=O)NCCN.C[C@@H]1CN(c2ccc(-c3ccc(C(=O)CCCN)cc3F)cc2NC(=O)c2c[nH]c(=O)cc2C(F)(F)F)C[C@H](C)N1C.C[C@@H]1CN(c2ccc(-c3ccc(C(=O)O)cc3F)cc2NC(=O)c2c[nH]c(=O)cc2C(F)(F)F)C[C@H](C)N1C. The van der Waals surface area contributed by atoms with Gasteiger partial charge in [0.15, 0.2) is 5.78 Å². The first-order valence-electron chi connectivity index (χ1n) is 29.2. The van der Waals surface area contributed by atoms with E-state index in [0.29, 0.717) is 87.5 Å². The van der Waals surface area contributed by atoms with E-state index in [9.17, 15) is 64.3 Å². The molecule has 2 aliphatic heterocycles. The van der Waals surface area contributed by atoms with Crippen molar-refractivity contribution in [2.45, 2.75) is 103 Å². The number of nitrogens with zero attached hydrogens (tertiary/aromatic N) is 4. The van der Waals surface area contributed by atoms with Crippen molar-refractivity contribution in [1.82, 2.24) is 25.1 Å². The Labute approximate surface area is 525 Å². The number of aromatic nitrogens is 2. The Morgan fingerprint density at radius 2 is 1.00 bits per heavy atom. The van der Waals surface area contributed by atoms with E-state index in [2.05, 4.69) is 35.7 Å². The average molecular weight is 1290 g/mol. The summed E-state index contributed by atoms with van der Waals surface area (Å²) in [6.07, 6.45) is -8.22. The number of nitrogens with two attached hydrogens (primary N) is 2. The lowest BCUT2D eigenvalue weighted by Crippen LogP contribution is -2.55. The van der Waals surface area contributed by atoms with Crippen LogP contribution in [0.2, 0.25) is 0 Å². The number of alkyl halides is 6. The molecule has 28 heteroatoms. The summed E-state index contributed by atoms with van der Waals surface area (Å²) in [6, 6.07) is 18.1. The van der Waals surface area contributed by atoms with E-state index in [1.165, 1.54) is 36.4 Å². The number of pyridine rings is 2. The fourth-order valence-electron chi connectivity index (χ4n) is 10.2. The maximum absolute atomic E-state index is 15.3. The maximum atomic E-state index is 15.3. The Morgan fingerprint density at radius 3 is 1.36 bits per heavy atom. The number of H-pyrrole nitrogens is 2. The van der Waals surface area contributed by atoms with Gasteiger partial charge in [-0.25, -0.2) is 18.4 Å². The third kappa shape index (κ3) is 18.8. The van der Waals surface area contributed by atoms with Gasteiger partial charge < -0.3 is 57.0 Å². The highest BCUT2D eigenvalue weighted by molar-refractivity contribution is 6.08. The van der Waals surface area contributed by atoms with E-state index in [1.54, 1.807) is 24.3 Å². The van der Waals surface area contributed by atoms with Gasteiger partial charge in [-0.15, -0.1) is 0 Å². The Kier molecular flexibility index (Phi) is 23.8. The number of anilines is 4. The lowest BCUT2D eigenvalue weighted by atomic mass is 9.98. The molecule has 2 saturated heterocycles. The number of nitrogens with one attached hydrogen (secondary N) is 5. The zero-order valence-electron chi connectivity index (χ0n) is 52.1. The van der Waals surface area contributed by atoms with Crippen molar-refractivity contribution in [1.29, 1.82) is 0 Å². The number of carbonyl (C=O) groups is 5. The van der Waals surface area contributed by atoms with Crippen molar-refractivity contribution < 1.29 is 68.9 Å². The summed E-state index contributed by atoms with van der Waals surface area (Å²) in [7, 11) is 3.98. The molecule has 0 unspecified atom stereocenters. The molecular formula is C64H75F8N11O9. The number of ether oxygens (including phenoxy) is 1. The molecule has 10 N–H and O–H groups in total. The summed E-state index contributed by atoms with van der Waals surface area (Å²) in [6.45, 7) is 17.0. The van der Waals surface area contributed by atoms with Crippen molar-refractivity contribution in [3.63, 3.8) is 0 Å². The second-order valence-corrected chi connectivity index (χ2v) is 23.4. The van der Waals surface area contributed by atoms with Gasteiger partial charge in [0.25, 0.3) is 11.8 Å². The largest absolute Gasteiger partial charge is 0.478 e. The van der Waals surface area contributed by atoms with Crippen LogP contribution in [0.3, 0.4) is 0 Å². The van der Waals surface area contributed by atoms with Crippen LogP contribution in [-0.2, 0) is 17.1 Å². The third-order valence-electron chi connectivity index (χ3n) is 15.4. The lowest BCUT2D eigenvalue weighted by Gasteiger charge is -2.44. The smallest absolute Gasteiger partial charge is 0.417 e. The average Bonchev–Trinajstić information content (AvgIpc) is 0.840. The summed E-state index contributed by atoms with van der Waals surface area (Å²) in [5.74, 6) is -5.23. The van der Waals surface area contributed by atoms with Crippen LogP contribution < -0.4 is 48.3 Å². The number of rotatable bonds is 15. The van der Waals surface area contributed by atoms with Crippen LogP contribution in [0, 0.1) is 11.6 Å². The van der Waals surface area contributed by atoms with E-state index < -0.39 is 86.8 Å². The molecule has 496 valence electrons. The molecule has 2 aromatic heterocycles. The maximum Gasteiger partial charge on any atom is 0.417 e. The molecule has 8 rings (SSSR count). The summed E-state index contributed by atoms with van der Waals surface area (Å²) in [4.78, 5) is 96.5. The lowest BCUT2D eigenvalue weighted by molar-refractivity contribution is -0.138. The molecule has 4 atom stereocenters. The van der Waals surface area contributed by atoms with Crippen molar-refractivity contribution >= 4 is 52.4 Å². The predicted octanol–water partition coefficient (Wildman–Crippen LogP) is 10.1. The minimum absolute atomic E-state index is 0.0437. The number of hydrogen-bond acceptors (Lipinski definition) is 14. The summed E-state index contributed by atoms with van der Waals surface area (Å²) in [5, 5.41) is 16.7. The molecule has 0 spiro atoms. The number of alkyl carbamates (subject to hydrolysis) is 1. The highest BCUT2D eigenvalue weighted by atomic mass is 19.4. The van der Waals surface area contributed by atoms with Crippen LogP contribution >= 0.6 is 0 Å². The molecule has 6 aromatic rings. The van der Waals surface area contributed by atoms with Gasteiger partial charge in [0.1, 0.15) is 17.2 Å². The molecule has 0 saturated carbocycles. The molecular weight excluding hydrogens is 1220 g/mol. The third-order valence-corrected chi connectivity index (χ3v) is 15.4. The number of benzene rings is 4. The zero-order valence-corrected chi connectivity index (χ0v) is 52.1. The van der Waals surface area contributed by atoms with Gasteiger partial charge in [0.05, 0.1) is 50.6 Å². The van der Waals surface area contributed by atoms with Gasteiger partial charge in [-0.3, -0.25) is 33.8 Å². The number of likely N-dealkylation sites (N-methyl/N-ethyl adjacent to an activating group) is 2. The second kappa shape index (κ2) is 30.4. The number of carbonyl (C=O) groups excluding carboxylic acids is 4. The van der Waals surface area contributed by atoms with Crippen LogP contribution in [0.4, 0.5) is 62.7 Å². The van der Waals surface area contributed by atoms with Gasteiger partial charge in [-0.1, -0.05) is 30.3 Å². The number of Topliss-reactive ketones (excluding diaryl/α,β-unsaturated/α-hetero) is 1. The van der Waals surface area contributed by atoms with Crippen LogP contribution in [0.1, 0.15) is 114 Å². The number of ketones is 1. The molecule has 4 heterocycles. The molecule has 92 heavy (non-hydrogen) atoms. The molecule has 4 aromatic carbocycles. The summed E-state index contributed by atoms with van der Waals surface area (Å²) < 4.78 is 117. The van der Waals surface area contributed by atoms with Gasteiger partial charge >= 0.3 is 24.4 Å². The highest BCUT2D eigenvalue weighted by Gasteiger charge is 2.38. The van der Waals surface area contributed by atoms with Crippen molar-refractivity contribution in [3.8, 4) is 22.3 Å². The Morgan fingerprint density at radius 1 is 0.598 bits per heavy atom. The first-order valence-corrected chi connectivity index (χ1v) is 29.2. The molecule has 2 fully saturated rings. The van der Waals surface area contributed by atoms with Gasteiger partial charge in [-0.05, 0) is 129 Å². The van der Waals surface area contributed by atoms with E-state index in [4.69, 9.17) is 21.3 Å². The number of amides is 3. The molecule has 3 amide bonds. The molecule has 20 nitrogen and oxygen atoms in total. The van der Waals surface area contributed by atoms with Crippen LogP contribution in [0.25, 0.3) is 22.3 Å². The standard InChI is InChI=1S/C30H33F4N5O3.C27H26F4N4O4.C7H16N2O2/c1-17-15-39(16-18(2)38(17)3)26-9-7-19(21-8-6-20(11-24(21)31)27(40)5-4-10-35)12-25(26)37-29(42)22-14-36-28(41)13-23(22)30(32,33)34;1-14-12-35(13-15(2)34(14)3)23-7-5-16(18-6-4-17(26(38)39)8-21(18)28)9-22(23)33-25(37)19-11-32-24(36)10-20(19)27(29,30)31;1-7(2,3)11-6(10)9-5-4-8/h6-9,11-14,17-18H,4-5,10,15-16,35H2,1-3H3,(H,36,41)(H,37,42);4-11,14-15H,12-13H2,1-3H3,(H,32,36)(H,33,37)(H,38,39);4-5,8H2,1-3H3,(H,9,10)/t17-,18+;14-,15+;. The topological polar surface area (TPSA) is 282 Å². The van der Waals surface area contributed by atoms with Crippen LogP contribution in [0.5, 0.6) is 0 Å². The van der Waals surface area contributed by atoms with Crippen molar-refractivity contribution in [2.75, 3.05) is 80.3 Å². The predicted molar refractivity (Wildman–Crippen MR) is 334 cm³/mol. The van der Waals surface area contributed by atoms with Gasteiger partial charge in [0, 0.05) is 111 Å². The Hall–Kier alpha value is -8.99. The molecule has 2 aliphatic rings. The fraction of sp³-hybridized carbons (Fsp3) is 0.391. The number of carboxylic acid groups (broad SMARTS) is 1. The first kappa shape index (κ1) is 72.1. The van der Waals surface area contributed by atoms with E-state index in [0.717, 1.165) is 18.3 Å². The minimum Gasteiger partial charge on any atom is -0.478 e. The number of aromatic amines is 2. The van der Waals surface area contributed by atoms with Crippen molar-refractivity contribution in [2.24, 2.45) is 11.5 Å². The van der Waals surface area contributed by atoms with E-state index >= 15 is 4.39 Å². The number of piperazine rings is 2. The molecule has 0 aliphatic carbocycles. The number of hydrogen-bond donors (Lipinski definition) is 8. The highest BCUT2D eigenvalue weighted by Crippen LogP contribution is 2.39. The number of halogens is 8. The van der Waals surface area contributed by atoms with Crippen LogP contribution in [-0.4, -0.2) is 144 Å². The van der Waals surface area contributed by atoms with E-state index in [1.807, 2.05) is 72.4 Å². The minimum atomic E-state index is -4.96. The molecule has 0 bridgehead atoms.